The van der Waals surface area contributed by atoms with E-state index in [9.17, 15) is 29.5 Å². The van der Waals surface area contributed by atoms with Gasteiger partial charge in [0.15, 0.2) is 0 Å². The predicted octanol–water partition coefficient (Wildman–Crippen LogP) is 1.02. The minimum absolute atomic E-state index is 0.200. The van der Waals surface area contributed by atoms with Crippen molar-refractivity contribution in [1.82, 2.24) is 0 Å². The van der Waals surface area contributed by atoms with Gasteiger partial charge in [-0.1, -0.05) is 11.6 Å². The number of carboxylic acid groups (broad SMARTS) is 1. The number of hydrogen-bond acceptors (Lipinski definition) is 7. The molecule has 0 heterocycles. The summed E-state index contributed by atoms with van der Waals surface area (Å²) in [6, 6.07) is 1.71. The van der Waals surface area contributed by atoms with E-state index in [-0.39, 0.29) is 17.0 Å². The van der Waals surface area contributed by atoms with Crippen molar-refractivity contribution in [3.8, 4) is 0 Å². The van der Waals surface area contributed by atoms with Crippen molar-refractivity contribution >= 4 is 36.5 Å². The summed E-state index contributed by atoms with van der Waals surface area (Å²) in [5, 5.41) is 19.2. The molecule has 1 aromatic carbocycles. The van der Waals surface area contributed by atoms with Gasteiger partial charge in [-0.2, -0.15) is 0 Å². The van der Waals surface area contributed by atoms with Crippen LogP contribution in [0.1, 0.15) is 16.8 Å². The van der Waals surface area contributed by atoms with E-state index in [1.165, 1.54) is 0 Å². The maximum atomic E-state index is 12.0. The Bertz CT molecular complexity index is 622. The molecule has 11 heteroatoms. The first kappa shape index (κ1) is 18.4. The Labute approximate surface area is 130 Å². The molecule has 0 aromatic heterocycles. The lowest BCUT2D eigenvalue weighted by Gasteiger charge is -2.12. The van der Waals surface area contributed by atoms with Gasteiger partial charge in [-0.25, -0.2) is 14.6 Å². The highest BCUT2D eigenvalue weighted by atomic mass is 35.5. The van der Waals surface area contributed by atoms with E-state index in [4.69, 9.17) is 22.4 Å². The maximum absolute atomic E-state index is 12.0. The molecule has 0 spiro atoms. The molecular formula is C11H13ClN2O7P+. The third-order valence-electron chi connectivity index (χ3n) is 2.78. The summed E-state index contributed by atoms with van der Waals surface area (Å²) < 4.78 is 0. The molecule has 0 unspecified atom stereocenters. The maximum Gasteiger partial charge on any atom is 0.356 e. The number of benzene rings is 1. The van der Waals surface area contributed by atoms with E-state index in [1.54, 1.807) is 0 Å². The normalized spacial score (nSPS) is 12.7. The Kier molecular flexibility index (Phi) is 5.92. The number of carbonyl (C=O) groups excluding carboxylic acids is 1. The second-order valence-corrected chi connectivity index (χ2v) is 7.14. The van der Waals surface area contributed by atoms with Crippen LogP contribution in [0.2, 0.25) is 5.02 Å². The van der Waals surface area contributed by atoms with Gasteiger partial charge in [0.25, 0.3) is 5.69 Å². The van der Waals surface area contributed by atoms with E-state index < -0.39 is 42.0 Å². The molecule has 1 rings (SSSR count). The van der Waals surface area contributed by atoms with E-state index in [1.807, 2.05) is 0 Å². The second-order valence-electron chi connectivity index (χ2n) is 4.42. The van der Waals surface area contributed by atoms with Crippen molar-refractivity contribution < 1.29 is 29.4 Å². The zero-order valence-corrected chi connectivity index (χ0v) is 12.7. The van der Waals surface area contributed by atoms with Crippen LogP contribution in [-0.4, -0.2) is 43.5 Å². The van der Waals surface area contributed by atoms with Gasteiger partial charge in [-0.3, -0.25) is 14.9 Å². The Morgan fingerprint density at radius 2 is 2.00 bits per heavy atom. The number of nitro benzene ring substituents is 1. The molecule has 22 heavy (non-hydrogen) atoms. The molecule has 0 aliphatic heterocycles. The number of aliphatic carboxylic acids is 1. The number of rotatable bonds is 7. The highest BCUT2D eigenvalue weighted by molar-refractivity contribution is 7.81. The molecule has 0 aliphatic rings. The van der Waals surface area contributed by atoms with Crippen LogP contribution in [0.15, 0.2) is 18.2 Å². The van der Waals surface area contributed by atoms with Crippen LogP contribution in [0, 0.1) is 10.1 Å². The number of halogens is 1. The van der Waals surface area contributed by atoms with Gasteiger partial charge in [-0.05, 0) is 12.1 Å². The number of nitrogens with two attached hydrogens (primary N) is 1. The highest BCUT2D eigenvalue weighted by Gasteiger charge is 2.45. The first-order valence-electron chi connectivity index (χ1n) is 5.87. The molecule has 1 aromatic rings. The first-order chi connectivity index (χ1) is 10.1. The Morgan fingerprint density at radius 1 is 1.41 bits per heavy atom. The molecule has 0 fully saturated rings. The summed E-state index contributed by atoms with van der Waals surface area (Å²) in [5.41, 5.74) is 3.28. The Hall–Kier alpha value is -1.64. The standard InChI is InChI=1S/C11H12ClN2O7P/c12-7-2-1-6(5-9(7)14(18)19)11(17)22(20,21)4-3-8(13)10(15)16/h1-2,5,8,20-21H,3-4,13H2/p+1/t8-/m0/s1. The third-order valence-corrected chi connectivity index (χ3v) is 4.89. The number of nitro groups is 1. The molecule has 5 N–H and O–H groups in total. The van der Waals surface area contributed by atoms with Crippen molar-refractivity contribution in [2.24, 2.45) is 5.73 Å². The average molecular weight is 352 g/mol. The van der Waals surface area contributed by atoms with Crippen LogP contribution in [0.3, 0.4) is 0 Å². The highest BCUT2D eigenvalue weighted by Crippen LogP contribution is 2.53. The van der Waals surface area contributed by atoms with Crippen molar-refractivity contribution in [3.05, 3.63) is 38.9 Å². The largest absolute Gasteiger partial charge is 0.480 e. The van der Waals surface area contributed by atoms with Crippen LogP contribution in [0.4, 0.5) is 5.69 Å². The summed E-state index contributed by atoms with van der Waals surface area (Å²) in [7, 11) is -4.16. The van der Waals surface area contributed by atoms with Crippen LogP contribution >= 0.6 is 19.3 Å². The van der Waals surface area contributed by atoms with Crippen molar-refractivity contribution in [2.45, 2.75) is 12.5 Å². The first-order valence-corrected chi connectivity index (χ1v) is 8.13. The molecule has 1 atom stereocenters. The molecule has 0 radical (unpaired) electrons. The number of nitrogens with zero attached hydrogens (tertiary/aromatic N) is 1. The molecule has 0 amide bonds. The van der Waals surface area contributed by atoms with Crippen LogP contribution in [0.25, 0.3) is 0 Å². The zero-order valence-electron chi connectivity index (χ0n) is 11.0. The topological polar surface area (TPSA) is 164 Å². The molecule has 0 aliphatic carbocycles. The molecule has 0 bridgehead atoms. The van der Waals surface area contributed by atoms with E-state index in [0.717, 1.165) is 18.2 Å². The quantitative estimate of drug-likeness (QED) is 0.321. The molecule has 9 nitrogen and oxygen atoms in total. The van der Waals surface area contributed by atoms with Gasteiger partial charge in [0.1, 0.15) is 17.2 Å². The number of carboxylic acids is 1. The second kappa shape index (κ2) is 7.08. The van der Waals surface area contributed by atoms with E-state index in [0.29, 0.717) is 0 Å². The fourth-order valence-corrected chi connectivity index (χ4v) is 3.12. The smallest absolute Gasteiger partial charge is 0.356 e. The van der Waals surface area contributed by atoms with Crippen LogP contribution in [-0.2, 0) is 4.79 Å². The van der Waals surface area contributed by atoms with Crippen molar-refractivity contribution in [2.75, 3.05) is 6.16 Å². The minimum atomic E-state index is -4.16. The summed E-state index contributed by atoms with van der Waals surface area (Å²) >= 11 is 5.60. The lowest BCUT2D eigenvalue weighted by atomic mass is 10.2. The summed E-state index contributed by atoms with van der Waals surface area (Å²) in [5.74, 6) is -1.34. The minimum Gasteiger partial charge on any atom is -0.480 e. The van der Waals surface area contributed by atoms with Gasteiger partial charge < -0.3 is 10.8 Å². The fraction of sp³-hybridized carbons (Fsp3) is 0.273. The molecule has 120 valence electrons. The summed E-state index contributed by atoms with van der Waals surface area (Å²) in [4.78, 5) is 52.2. The van der Waals surface area contributed by atoms with Crippen molar-refractivity contribution in [3.63, 3.8) is 0 Å². The monoisotopic (exact) mass is 351 g/mol. The summed E-state index contributed by atoms with van der Waals surface area (Å²) in [6.45, 7) is 0. The van der Waals surface area contributed by atoms with Crippen LogP contribution < -0.4 is 5.73 Å². The fourth-order valence-electron chi connectivity index (χ4n) is 1.54. The SMILES string of the molecule is N[C@@H](CC[P+](O)(O)C(=O)c1ccc(Cl)c([N+](=O)[O-])c1)C(=O)O. The van der Waals surface area contributed by atoms with E-state index in [2.05, 4.69) is 0 Å². The van der Waals surface area contributed by atoms with Gasteiger partial charge in [0, 0.05) is 12.5 Å². The van der Waals surface area contributed by atoms with Crippen LogP contribution in [0.5, 0.6) is 0 Å². The lowest BCUT2D eigenvalue weighted by Crippen LogP contribution is -2.31. The van der Waals surface area contributed by atoms with Gasteiger partial charge in [0.05, 0.1) is 10.5 Å². The number of carbonyl (C=O) groups is 2. The Morgan fingerprint density at radius 3 is 2.50 bits per heavy atom. The predicted molar refractivity (Wildman–Crippen MR) is 78.9 cm³/mol. The van der Waals surface area contributed by atoms with Crippen molar-refractivity contribution in [1.29, 1.82) is 0 Å². The molecule has 0 saturated heterocycles. The lowest BCUT2D eigenvalue weighted by molar-refractivity contribution is -0.384. The van der Waals surface area contributed by atoms with Gasteiger partial charge in [0.2, 0.25) is 0 Å². The number of hydrogen-bond donors (Lipinski definition) is 4. The summed E-state index contributed by atoms with van der Waals surface area (Å²) in [6.07, 6.45) is -0.854. The molecular weight excluding hydrogens is 339 g/mol. The molecule has 0 saturated carbocycles. The van der Waals surface area contributed by atoms with Gasteiger partial charge >= 0.3 is 19.2 Å². The third kappa shape index (κ3) is 4.43. The van der Waals surface area contributed by atoms with E-state index >= 15 is 0 Å². The zero-order chi connectivity index (χ0) is 17.1. The Balaban J connectivity index is 2.96. The van der Waals surface area contributed by atoms with Gasteiger partial charge in [-0.15, -0.1) is 0 Å². The average Bonchev–Trinajstić information content (AvgIpc) is 2.44.